The minimum Gasteiger partial charge on any atom is -0.469 e. The normalized spacial score (nSPS) is 29.0. The van der Waals surface area contributed by atoms with Gasteiger partial charge in [0.15, 0.2) is 0 Å². The van der Waals surface area contributed by atoms with Crippen molar-refractivity contribution in [1.82, 2.24) is 0 Å². The number of methoxy groups -OCH3 is 1. The zero-order valence-corrected chi connectivity index (χ0v) is 7.38. The number of hydrogen-bond donors (Lipinski definition) is 0. The topological polar surface area (TPSA) is 26.3 Å². The lowest BCUT2D eigenvalue weighted by Crippen LogP contribution is -2.27. The third-order valence-electron chi connectivity index (χ3n) is 2.48. The van der Waals surface area contributed by atoms with Crippen LogP contribution in [0.2, 0.25) is 0 Å². The summed E-state index contributed by atoms with van der Waals surface area (Å²) in [6.07, 6.45) is 9.42. The average molecular weight is 166 g/mol. The first kappa shape index (κ1) is 9.12. The maximum absolute atomic E-state index is 11.2. The highest BCUT2D eigenvalue weighted by molar-refractivity contribution is 5.73. The average Bonchev–Trinajstić information content (AvgIpc) is 2.16. The van der Waals surface area contributed by atoms with Gasteiger partial charge in [-0.15, -0.1) is 12.3 Å². The summed E-state index contributed by atoms with van der Waals surface area (Å²) in [7, 11) is 1.42. The van der Waals surface area contributed by atoms with E-state index in [0.717, 1.165) is 25.7 Å². The number of terminal acetylenes is 1. The Kier molecular flexibility index (Phi) is 3.16. The molecule has 1 aliphatic carbocycles. The van der Waals surface area contributed by atoms with Crippen molar-refractivity contribution in [3.8, 4) is 12.3 Å². The van der Waals surface area contributed by atoms with Crippen LogP contribution in [0.25, 0.3) is 0 Å². The van der Waals surface area contributed by atoms with Crippen LogP contribution < -0.4 is 0 Å². The highest BCUT2D eigenvalue weighted by Gasteiger charge is 2.30. The van der Waals surface area contributed by atoms with Crippen LogP contribution in [0.1, 0.15) is 25.7 Å². The van der Waals surface area contributed by atoms with E-state index in [2.05, 4.69) is 10.7 Å². The smallest absolute Gasteiger partial charge is 0.309 e. The molecule has 12 heavy (non-hydrogen) atoms. The van der Waals surface area contributed by atoms with E-state index in [1.165, 1.54) is 7.11 Å². The first-order valence-corrected chi connectivity index (χ1v) is 4.33. The Morgan fingerprint density at radius 1 is 1.50 bits per heavy atom. The van der Waals surface area contributed by atoms with Gasteiger partial charge in [-0.05, 0) is 12.8 Å². The van der Waals surface area contributed by atoms with Gasteiger partial charge in [0, 0.05) is 5.92 Å². The van der Waals surface area contributed by atoms with Gasteiger partial charge in [-0.25, -0.2) is 0 Å². The molecule has 2 atom stereocenters. The zero-order valence-electron chi connectivity index (χ0n) is 7.38. The van der Waals surface area contributed by atoms with Crippen LogP contribution >= 0.6 is 0 Å². The molecule has 2 nitrogen and oxygen atoms in total. The van der Waals surface area contributed by atoms with Gasteiger partial charge in [-0.3, -0.25) is 4.79 Å². The van der Waals surface area contributed by atoms with Gasteiger partial charge in [0.05, 0.1) is 13.0 Å². The summed E-state index contributed by atoms with van der Waals surface area (Å²) in [5.41, 5.74) is 0. The van der Waals surface area contributed by atoms with E-state index >= 15 is 0 Å². The lowest BCUT2D eigenvalue weighted by Gasteiger charge is -2.25. The largest absolute Gasteiger partial charge is 0.469 e. The van der Waals surface area contributed by atoms with E-state index in [-0.39, 0.29) is 17.8 Å². The van der Waals surface area contributed by atoms with Crippen molar-refractivity contribution in [3.05, 3.63) is 0 Å². The third kappa shape index (κ3) is 1.79. The molecule has 0 heterocycles. The molecule has 66 valence electrons. The molecule has 0 bridgehead atoms. The van der Waals surface area contributed by atoms with E-state index in [1.54, 1.807) is 0 Å². The number of rotatable bonds is 1. The van der Waals surface area contributed by atoms with Gasteiger partial charge in [0.2, 0.25) is 0 Å². The minimum absolute atomic E-state index is 0.0475. The van der Waals surface area contributed by atoms with E-state index in [1.807, 2.05) is 0 Å². The Hall–Kier alpha value is -0.970. The Morgan fingerprint density at radius 3 is 2.75 bits per heavy atom. The van der Waals surface area contributed by atoms with E-state index in [4.69, 9.17) is 6.42 Å². The summed E-state index contributed by atoms with van der Waals surface area (Å²) in [6, 6.07) is 0. The minimum atomic E-state index is -0.141. The molecule has 2 unspecified atom stereocenters. The molecule has 0 spiro atoms. The molecule has 1 saturated carbocycles. The van der Waals surface area contributed by atoms with Crippen LogP contribution in [0, 0.1) is 24.2 Å². The van der Waals surface area contributed by atoms with Crippen LogP contribution in [0.5, 0.6) is 0 Å². The third-order valence-corrected chi connectivity index (χ3v) is 2.48. The molecule has 0 aromatic heterocycles. The Morgan fingerprint density at radius 2 is 2.17 bits per heavy atom. The van der Waals surface area contributed by atoms with Crippen molar-refractivity contribution in [3.63, 3.8) is 0 Å². The zero-order chi connectivity index (χ0) is 8.97. The van der Waals surface area contributed by atoms with Crippen LogP contribution in [0.4, 0.5) is 0 Å². The van der Waals surface area contributed by atoms with Crippen molar-refractivity contribution in [1.29, 1.82) is 0 Å². The molecule has 0 aromatic carbocycles. The quantitative estimate of drug-likeness (QED) is 0.437. The lowest BCUT2D eigenvalue weighted by molar-refractivity contribution is -0.147. The number of esters is 1. The van der Waals surface area contributed by atoms with Crippen molar-refractivity contribution < 1.29 is 9.53 Å². The summed E-state index contributed by atoms with van der Waals surface area (Å²) < 4.78 is 4.69. The lowest BCUT2D eigenvalue weighted by atomic mass is 9.80. The van der Waals surface area contributed by atoms with Gasteiger partial charge in [0.25, 0.3) is 0 Å². The first-order valence-electron chi connectivity index (χ1n) is 4.33. The second-order valence-corrected chi connectivity index (χ2v) is 3.19. The molecule has 0 N–H and O–H groups in total. The van der Waals surface area contributed by atoms with Crippen LogP contribution in [-0.4, -0.2) is 13.1 Å². The summed E-state index contributed by atoms with van der Waals surface area (Å²) in [6.45, 7) is 0. The summed E-state index contributed by atoms with van der Waals surface area (Å²) in [5, 5.41) is 0. The number of hydrogen-bond acceptors (Lipinski definition) is 2. The second-order valence-electron chi connectivity index (χ2n) is 3.19. The summed E-state index contributed by atoms with van der Waals surface area (Å²) in [4.78, 5) is 11.2. The number of carbonyl (C=O) groups is 1. The molecule has 0 aromatic rings. The van der Waals surface area contributed by atoms with Crippen LogP contribution in [0.3, 0.4) is 0 Å². The summed E-state index contributed by atoms with van der Waals surface area (Å²) >= 11 is 0. The molecule has 2 heteroatoms. The van der Waals surface area contributed by atoms with Gasteiger partial charge in [0.1, 0.15) is 0 Å². The second kappa shape index (κ2) is 4.15. The molecule has 1 rings (SSSR count). The monoisotopic (exact) mass is 166 g/mol. The Balaban J connectivity index is 2.60. The molecule has 1 aliphatic rings. The Labute approximate surface area is 73.3 Å². The maximum Gasteiger partial charge on any atom is 0.309 e. The van der Waals surface area contributed by atoms with Crippen molar-refractivity contribution >= 4 is 5.97 Å². The highest BCUT2D eigenvalue weighted by Crippen LogP contribution is 2.30. The fraction of sp³-hybridized carbons (Fsp3) is 0.700. The molecule has 0 amide bonds. The predicted octanol–water partition coefficient (Wildman–Crippen LogP) is 1.60. The van der Waals surface area contributed by atoms with Crippen molar-refractivity contribution in [2.45, 2.75) is 25.7 Å². The van der Waals surface area contributed by atoms with Crippen LogP contribution in [0.15, 0.2) is 0 Å². The first-order chi connectivity index (χ1) is 5.79. The van der Waals surface area contributed by atoms with Gasteiger partial charge >= 0.3 is 5.97 Å². The number of ether oxygens (including phenoxy) is 1. The molecule has 0 saturated heterocycles. The standard InChI is InChI=1S/C10H14O2/c1-3-8-6-4-5-7-9(8)10(11)12-2/h1,8-9H,4-7H2,2H3. The van der Waals surface area contributed by atoms with Gasteiger partial charge in [-0.1, -0.05) is 12.8 Å². The predicted molar refractivity (Wildman–Crippen MR) is 46.3 cm³/mol. The molecule has 0 radical (unpaired) electrons. The van der Waals surface area contributed by atoms with Crippen LogP contribution in [-0.2, 0) is 9.53 Å². The number of carbonyl (C=O) groups excluding carboxylic acids is 1. The molecular weight excluding hydrogens is 152 g/mol. The van der Waals surface area contributed by atoms with Crippen molar-refractivity contribution in [2.75, 3.05) is 7.11 Å². The van der Waals surface area contributed by atoms with Gasteiger partial charge in [-0.2, -0.15) is 0 Å². The van der Waals surface area contributed by atoms with E-state index in [0.29, 0.717) is 0 Å². The fourth-order valence-corrected chi connectivity index (χ4v) is 1.76. The summed E-state index contributed by atoms with van der Waals surface area (Å²) in [5.74, 6) is 2.58. The van der Waals surface area contributed by atoms with E-state index in [9.17, 15) is 4.79 Å². The van der Waals surface area contributed by atoms with Gasteiger partial charge < -0.3 is 4.74 Å². The fourth-order valence-electron chi connectivity index (χ4n) is 1.76. The Bertz CT molecular complexity index is 202. The molecule has 0 aliphatic heterocycles. The maximum atomic E-state index is 11.2. The molecular formula is C10H14O2. The van der Waals surface area contributed by atoms with Crippen molar-refractivity contribution in [2.24, 2.45) is 11.8 Å². The highest BCUT2D eigenvalue weighted by atomic mass is 16.5. The molecule has 1 fully saturated rings. The van der Waals surface area contributed by atoms with E-state index < -0.39 is 0 Å². The SMILES string of the molecule is C#CC1CCCCC1C(=O)OC.